The van der Waals surface area contributed by atoms with E-state index in [0.29, 0.717) is 11.7 Å². The van der Waals surface area contributed by atoms with E-state index in [1.54, 1.807) is 0 Å². The number of anilines is 2. The van der Waals surface area contributed by atoms with Gasteiger partial charge in [0.2, 0.25) is 0 Å². The molecule has 102 valence electrons. The van der Waals surface area contributed by atoms with Gasteiger partial charge < -0.3 is 15.5 Å². The van der Waals surface area contributed by atoms with E-state index >= 15 is 0 Å². The van der Waals surface area contributed by atoms with Crippen LogP contribution in [0.4, 0.5) is 11.7 Å². The predicted molar refractivity (Wildman–Crippen MR) is 78.1 cm³/mol. The van der Waals surface area contributed by atoms with Crippen LogP contribution in [0, 0.1) is 5.92 Å². The Kier molecular flexibility index (Phi) is 3.58. The van der Waals surface area contributed by atoms with Gasteiger partial charge in [-0.15, -0.1) is 0 Å². The molecule has 0 aliphatic heterocycles. The topological polar surface area (TPSA) is 64.1 Å². The minimum atomic E-state index is 0.604. The molecule has 1 saturated carbocycles. The Morgan fingerprint density at radius 2 is 2.16 bits per heavy atom. The fourth-order valence-corrected chi connectivity index (χ4v) is 2.91. The molecule has 0 amide bonds. The molecule has 0 radical (unpaired) electrons. The molecule has 3 rings (SSSR count). The molecule has 4 nitrogen and oxygen atoms in total. The zero-order chi connectivity index (χ0) is 13.1. The van der Waals surface area contributed by atoms with Gasteiger partial charge in [-0.3, -0.25) is 0 Å². The molecule has 0 spiro atoms. The number of benzene rings is 1. The number of fused-ring (bicyclic) bond motifs is 1. The molecule has 0 bridgehead atoms. The van der Waals surface area contributed by atoms with Gasteiger partial charge in [0.1, 0.15) is 5.52 Å². The van der Waals surface area contributed by atoms with E-state index in [2.05, 4.69) is 10.3 Å². The minimum absolute atomic E-state index is 0.604. The third-order valence-electron chi connectivity index (χ3n) is 3.95. The van der Waals surface area contributed by atoms with Gasteiger partial charge in [-0.2, -0.15) is 4.98 Å². The number of rotatable bonds is 5. The quantitative estimate of drug-likeness (QED) is 0.633. The van der Waals surface area contributed by atoms with Crippen molar-refractivity contribution in [3.8, 4) is 0 Å². The first-order valence-corrected chi connectivity index (χ1v) is 7.21. The smallest absolute Gasteiger partial charge is 0.295 e. The van der Waals surface area contributed by atoms with Gasteiger partial charge in [-0.25, -0.2) is 0 Å². The lowest BCUT2D eigenvalue weighted by molar-refractivity contribution is 0.489. The molecule has 1 aliphatic carbocycles. The third-order valence-corrected chi connectivity index (χ3v) is 3.95. The molecule has 1 aliphatic rings. The first kappa shape index (κ1) is 12.3. The Morgan fingerprint density at radius 3 is 3.00 bits per heavy atom. The zero-order valence-electron chi connectivity index (χ0n) is 11.2. The number of aromatic nitrogens is 1. The summed E-state index contributed by atoms with van der Waals surface area (Å²) in [6.07, 6.45) is 8.19. The summed E-state index contributed by atoms with van der Waals surface area (Å²) in [6, 6.07) is 6.13. The van der Waals surface area contributed by atoms with Crippen LogP contribution in [-0.4, -0.2) is 11.5 Å². The van der Waals surface area contributed by atoms with Crippen molar-refractivity contribution < 1.29 is 4.42 Å². The molecule has 4 heteroatoms. The van der Waals surface area contributed by atoms with Crippen molar-refractivity contribution in [1.82, 2.24) is 4.98 Å². The summed E-state index contributed by atoms with van der Waals surface area (Å²) in [5, 5.41) is 3.26. The van der Waals surface area contributed by atoms with Crippen LogP contribution >= 0.6 is 0 Å². The first-order chi connectivity index (χ1) is 9.31. The second-order valence-corrected chi connectivity index (χ2v) is 5.47. The molecule has 1 heterocycles. The Hall–Kier alpha value is -1.71. The molecule has 1 aromatic carbocycles. The fraction of sp³-hybridized carbons (Fsp3) is 0.533. The van der Waals surface area contributed by atoms with Gasteiger partial charge >= 0.3 is 0 Å². The van der Waals surface area contributed by atoms with E-state index in [9.17, 15) is 0 Å². The molecular weight excluding hydrogens is 238 g/mol. The molecule has 0 saturated heterocycles. The average Bonchev–Trinajstić information content (AvgIpc) is 3.02. The number of nitrogens with zero attached hydrogens (tertiary/aromatic N) is 1. The summed E-state index contributed by atoms with van der Waals surface area (Å²) >= 11 is 0. The average molecular weight is 259 g/mol. The normalized spacial score (nSPS) is 16.2. The van der Waals surface area contributed by atoms with Crippen LogP contribution in [0.2, 0.25) is 0 Å². The van der Waals surface area contributed by atoms with Crippen LogP contribution < -0.4 is 11.1 Å². The molecule has 1 aromatic heterocycles. The molecule has 19 heavy (non-hydrogen) atoms. The summed E-state index contributed by atoms with van der Waals surface area (Å²) in [7, 11) is 0. The van der Waals surface area contributed by atoms with Crippen LogP contribution in [0.15, 0.2) is 22.6 Å². The second-order valence-electron chi connectivity index (χ2n) is 5.47. The van der Waals surface area contributed by atoms with Crippen molar-refractivity contribution >= 4 is 22.8 Å². The molecule has 1 fully saturated rings. The van der Waals surface area contributed by atoms with Crippen molar-refractivity contribution in [3.63, 3.8) is 0 Å². The second kappa shape index (κ2) is 5.51. The highest BCUT2D eigenvalue weighted by molar-refractivity contribution is 5.78. The van der Waals surface area contributed by atoms with Crippen molar-refractivity contribution in [2.45, 2.75) is 38.5 Å². The van der Waals surface area contributed by atoms with Gasteiger partial charge in [-0.1, -0.05) is 25.7 Å². The highest BCUT2D eigenvalue weighted by Gasteiger charge is 2.14. The minimum Gasteiger partial charge on any atom is -0.424 e. The van der Waals surface area contributed by atoms with Crippen LogP contribution in [-0.2, 0) is 0 Å². The van der Waals surface area contributed by atoms with Gasteiger partial charge in [0.25, 0.3) is 6.01 Å². The molecule has 0 unspecified atom stereocenters. The van der Waals surface area contributed by atoms with Crippen molar-refractivity contribution in [2.75, 3.05) is 17.6 Å². The fourth-order valence-electron chi connectivity index (χ4n) is 2.91. The van der Waals surface area contributed by atoms with Crippen LogP contribution in [0.3, 0.4) is 0 Å². The predicted octanol–water partition coefficient (Wildman–Crippen LogP) is 3.79. The monoisotopic (exact) mass is 259 g/mol. The number of nitrogens with one attached hydrogen (secondary N) is 1. The number of hydrogen-bond donors (Lipinski definition) is 2. The Morgan fingerprint density at radius 1 is 1.32 bits per heavy atom. The van der Waals surface area contributed by atoms with Gasteiger partial charge in [0.15, 0.2) is 5.58 Å². The highest BCUT2D eigenvalue weighted by atomic mass is 16.4. The molecule has 3 N–H and O–H groups in total. The van der Waals surface area contributed by atoms with Crippen molar-refractivity contribution in [2.24, 2.45) is 5.92 Å². The number of oxazole rings is 1. The van der Waals surface area contributed by atoms with E-state index in [4.69, 9.17) is 10.2 Å². The van der Waals surface area contributed by atoms with Crippen LogP contribution in [0.25, 0.3) is 11.1 Å². The van der Waals surface area contributed by atoms with Gasteiger partial charge in [0, 0.05) is 12.2 Å². The largest absolute Gasteiger partial charge is 0.424 e. The maximum Gasteiger partial charge on any atom is 0.295 e. The van der Waals surface area contributed by atoms with Crippen LogP contribution in [0.1, 0.15) is 38.5 Å². The number of hydrogen-bond acceptors (Lipinski definition) is 4. The summed E-state index contributed by atoms with van der Waals surface area (Å²) in [4.78, 5) is 4.39. The standard InChI is InChI=1S/C15H21N3O/c16-12-7-8-14-13(10-12)18-15(19-14)17-9-3-6-11-4-1-2-5-11/h7-8,10-11H,1-6,9,16H2,(H,17,18). The van der Waals surface area contributed by atoms with E-state index in [-0.39, 0.29) is 0 Å². The third kappa shape index (κ3) is 3.00. The van der Waals surface area contributed by atoms with Crippen molar-refractivity contribution in [1.29, 1.82) is 0 Å². The molecule has 0 atom stereocenters. The number of nitrogens with two attached hydrogens (primary N) is 1. The first-order valence-electron chi connectivity index (χ1n) is 7.21. The zero-order valence-corrected chi connectivity index (χ0v) is 11.2. The maximum atomic E-state index is 5.72. The summed E-state index contributed by atoms with van der Waals surface area (Å²) in [6.45, 7) is 0.929. The summed E-state index contributed by atoms with van der Waals surface area (Å²) in [5.41, 5.74) is 8.04. The number of nitrogen functional groups attached to an aromatic ring is 1. The highest BCUT2D eigenvalue weighted by Crippen LogP contribution is 2.28. The lowest BCUT2D eigenvalue weighted by Crippen LogP contribution is -2.04. The van der Waals surface area contributed by atoms with E-state index in [1.807, 2.05) is 18.2 Å². The molecule has 2 aromatic rings. The van der Waals surface area contributed by atoms with Crippen molar-refractivity contribution in [3.05, 3.63) is 18.2 Å². The lowest BCUT2D eigenvalue weighted by Gasteiger charge is -2.07. The Bertz CT molecular complexity index is 543. The van der Waals surface area contributed by atoms with Crippen LogP contribution in [0.5, 0.6) is 0 Å². The SMILES string of the molecule is Nc1ccc2oc(NCCCC3CCCC3)nc2c1. The Balaban J connectivity index is 1.50. The molecular formula is C15H21N3O. The lowest BCUT2D eigenvalue weighted by atomic mass is 10.0. The van der Waals surface area contributed by atoms with E-state index < -0.39 is 0 Å². The maximum absolute atomic E-state index is 5.72. The van der Waals surface area contributed by atoms with E-state index in [0.717, 1.165) is 23.6 Å². The van der Waals surface area contributed by atoms with Gasteiger partial charge in [-0.05, 0) is 37.0 Å². The van der Waals surface area contributed by atoms with Gasteiger partial charge in [0.05, 0.1) is 0 Å². The Labute approximate surface area is 113 Å². The summed E-state index contributed by atoms with van der Waals surface area (Å²) < 4.78 is 5.62. The van der Waals surface area contributed by atoms with E-state index in [1.165, 1.54) is 38.5 Å². The summed E-state index contributed by atoms with van der Waals surface area (Å²) in [5.74, 6) is 0.949.